The van der Waals surface area contributed by atoms with Crippen LogP contribution in [0.1, 0.15) is 11.5 Å². The Morgan fingerprint density at radius 3 is 2.52 bits per heavy atom. The van der Waals surface area contributed by atoms with Gasteiger partial charge in [-0.1, -0.05) is 11.6 Å². The Balaban J connectivity index is 2.23. The van der Waals surface area contributed by atoms with E-state index in [-0.39, 0.29) is 29.6 Å². The van der Waals surface area contributed by atoms with Crippen molar-refractivity contribution in [3.8, 4) is 23.6 Å². The van der Waals surface area contributed by atoms with Gasteiger partial charge in [-0.3, -0.25) is 0 Å². The van der Waals surface area contributed by atoms with Crippen molar-refractivity contribution in [1.82, 2.24) is 5.32 Å². The molecule has 23 heavy (non-hydrogen) atoms. The maximum atomic E-state index is 9.51. The van der Waals surface area contributed by atoms with Crippen molar-refractivity contribution in [1.29, 1.82) is 10.5 Å². The number of nitrogens with zero attached hydrogens (tertiary/aromatic N) is 2. The molecular formula is C15H11ClN4O3. The number of nitrogens with one attached hydrogen (secondary N) is 1. The number of fused-ring (bicyclic) bond motifs is 1. The molecule has 0 unspecified atom stereocenters. The summed E-state index contributed by atoms with van der Waals surface area (Å²) in [6, 6.07) is 7.32. The molecule has 1 aromatic rings. The summed E-state index contributed by atoms with van der Waals surface area (Å²) in [6.45, 7) is 0.0920. The van der Waals surface area contributed by atoms with E-state index in [1.54, 1.807) is 12.1 Å². The summed E-state index contributed by atoms with van der Waals surface area (Å²) in [5, 5.41) is 22.0. The van der Waals surface area contributed by atoms with Gasteiger partial charge in [0.2, 0.25) is 12.7 Å². The fourth-order valence-corrected chi connectivity index (χ4v) is 2.82. The summed E-state index contributed by atoms with van der Waals surface area (Å²) in [4.78, 5) is 0. The van der Waals surface area contributed by atoms with Crippen LogP contribution in [0, 0.1) is 22.7 Å². The van der Waals surface area contributed by atoms with Gasteiger partial charge in [0.05, 0.1) is 24.7 Å². The van der Waals surface area contributed by atoms with Gasteiger partial charge in [-0.25, -0.2) is 0 Å². The van der Waals surface area contributed by atoms with Gasteiger partial charge < -0.3 is 25.3 Å². The summed E-state index contributed by atoms with van der Waals surface area (Å²) < 4.78 is 15.8. The Bertz CT molecular complexity index is 832. The number of ether oxygens (including phenoxy) is 3. The molecule has 0 aromatic heterocycles. The van der Waals surface area contributed by atoms with Crippen LogP contribution in [-0.4, -0.2) is 13.9 Å². The number of methoxy groups -OCH3 is 1. The highest BCUT2D eigenvalue weighted by atomic mass is 35.5. The number of rotatable bonds is 2. The van der Waals surface area contributed by atoms with E-state index in [1.165, 1.54) is 7.11 Å². The van der Waals surface area contributed by atoms with Crippen molar-refractivity contribution in [3.05, 3.63) is 45.6 Å². The van der Waals surface area contributed by atoms with E-state index in [1.807, 2.05) is 6.07 Å². The smallest absolute Gasteiger partial charge is 0.231 e. The van der Waals surface area contributed by atoms with Gasteiger partial charge in [-0.2, -0.15) is 10.5 Å². The second kappa shape index (κ2) is 5.64. The third-order valence-corrected chi connectivity index (χ3v) is 3.94. The van der Waals surface area contributed by atoms with Crippen molar-refractivity contribution in [2.75, 3.05) is 13.9 Å². The Morgan fingerprint density at radius 1 is 1.26 bits per heavy atom. The van der Waals surface area contributed by atoms with Gasteiger partial charge in [0.25, 0.3) is 0 Å². The molecule has 3 rings (SSSR count). The van der Waals surface area contributed by atoms with Crippen LogP contribution in [0.5, 0.6) is 11.5 Å². The molecule has 0 radical (unpaired) electrons. The molecule has 0 aliphatic carbocycles. The van der Waals surface area contributed by atoms with Crippen LogP contribution in [-0.2, 0) is 4.74 Å². The van der Waals surface area contributed by atoms with E-state index in [9.17, 15) is 10.5 Å². The molecule has 3 N–H and O–H groups in total. The zero-order chi connectivity index (χ0) is 16.6. The van der Waals surface area contributed by atoms with Crippen molar-refractivity contribution in [2.24, 2.45) is 5.73 Å². The van der Waals surface area contributed by atoms with Crippen LogP contribution in [0.4, 0.5) is 0 Å². The van der Waals surface area contributed by atoms with Crippen LogP contribution >= 0.6 is 11.6 Å². The maximum absolute atomic E-state index is 9.51. The van der Waals surface area contributed by atoms with Crippen LogP contribution in [0.25, 0.3) is 0 Å². The SMILES string of the molecule is COC1=C(C#N)[C@H](c2cc3c(cc2Cl)OCO3)C(C#N)=C(N)N1. The predicted molar refractivity (Wildman–Crippen MR) is 79.9 cm³/mol. The van der Waals surface area contributed by atoms with Crippen molar-refractivity contribution >= 4 is 11.6 Å². The van der Waals surface area contributed by atoms with E-state index in [4.69, 9.17) is 31.5 Å². The number of halogens is 1. The number of nitriles is 2. The molecule has 2 aliphatic heterocycles. The Kier molecular flexibility index (Phi) is 3.65. The monoisotopic (exact) mass is 330 g/mol. The molecule has 7 nitrogen and oxygen atoms in total. The highest BCUT2D eigenvalue weighted by Crippen LogP contribution is 2.45. The highest BCUT2D eigenvalue weighted by Gasteiger charge is 2.34. The standard InChI is InChI=1S/C15H11ClN4O3/c1-21-15-9(5-18)13(8(4-17)14(19)20-15)7-2-11-12(3-10(7)16)23-6-22-11/h2-3,13,20H,6,19H2,1H3/t13-/m1/s1. The third kappa shape index (κ3) is 2.28. The summed E-state index contributed by atoms with van der Waals surface area (Å²) in [5.74, 6) is 0.556. The minimum atomic E-state index is -0.747. The predicted octanol–water partition coefficient (Wildman–Crippen LogP) is 1.83. The Morgan fingerprint density at radius 2 is 1.91 bits per heavy atom. The molecule has 1 atom stereocenters. The molecule has 2 heterocycles. The van der Waals surface area contributed by atoms with E-state index in [2.05, 4.69) is 11.4 Å². The summed E-state index contributed by atoms with van der Waals surface area (Å²) >= 11 is 6.32. The lowest BCUT2D eigenvalue weighted by molar-refractivity contribution is 0.174. The summed E-state index contributed by atoms with van der Waals surface area (Å²) in [7, 11) is 1.41. The Hall–Kier alpha value is -3.03. The van der Waals surface area contributed by atoms with Gasteiger partial charge in [0.1, 0.15) is 17.5 Å². The van der Waals surface area contributed by atoms with E-state index in [0.29, 0.717) is 22.1 Å². The summed E-state index contributed by atoms with van der Waals surface area (Å²) in [5.41, 5.74) is 6.79. The topological polar surface area (TPSA) is 113 Å². The van der Waals surface area contributed by atoms with Crippen molar-refractivity contribution in [2.45, 2.75) is 5.92 Å². The number of hydrogen-bond donors (Lipinski definition) is 2. The highest BCUT2D eigenvalue weighted by molar-refractivity contribution is 6.31. The molecular weight excluding hydrogens is 320 g/mol. The largest absolute Gasteiger partial charge is 0.482 e. The first-order chi connectivity index (χ1) is 11.1. The van der Waals surface area contributed by atoms with Crippen molar-refractivity contribution < 1.29 is 14.2 Å². The minimum absolute atomic E-state index is 0.0920. The number of nitrogens with two attached hydrogens (primary N) is 1. The number of dihydropyridines is 1. The van der Waals surface area contributed by atoms with Crippen LogP contribution < -0.4 is 20.5 Å². The lowest BCUT2D eigenvalue weighted by atomic mass is 9.83. The molecule has 0 saturated carbocycles. The average molecular weight is 331 g/mol. The normalized spacial score (nSPS) is 19.0. The fourth-order valence-electron chi connectivity index (χ4n) is 2.55. The molecule has 0 spiro atoms. The first kappa shape index (κ1) is 14.9. The van der Waals surface area contributed by atoms with Crippen LogP contribution in [0.3, 0.4) is 0 Å². The zero-order valence-electron chi connectivity index (χ0n) is 12.0. The van der Waals surface area contributed by atoms with Crippen LogP contribution in [0.2, 0.25) is 5.02 Å². The van der Waals surface area contributed by atoms with Gasteiger partial charge in [-0.15, -0.1) is 0 Å². The number of benzene rings is 1. The molecule has 0 amide bonds. The fraction of sp³-hybridized carbons (Fsp3) is 0.200. The summed E-state index contributed by atoms with van der Waals surface area (Å²) in [6.07, 6.45) is 0. The second-order valence-corrected chi connectivity index (χ2v) is 5.19. The first-order valence-corrected chi connectivity index (χ1v) is 6.92. The maximum Gasteiger partial charge on any atom is 0.231 e. The molecule has 116 valence electrons. The molecule has 0 fully saturated rings. The molecule has 0 bridgehead atoms. The van der Waals surface area contributed by atoms with Crippen LogP contribution in [0.15, 0.2) is 35.0 Å². The van der Waals surface area contributed by atoms with E-state index < -0.39 is 5.92 Å². The van der Waals surface area contributed by atoms with Gasteiger partial charge in [-0.05, 0) is 11.6 Å². The van der Waals surface area contributed by atoms with Gasteiger partial charge in [0, 0.05) is 11.1 Å². The number of hydrogen-bond acceptors (Lipinski definition) is 7. The molecule has 8 heteroatoms. The molecule has 1 aromatic carbocycles. The van der Waals surface area contributed by atoms with Crippen molar-refractivity contribution in [3.63, 3.8) is 0 Å². The quantitative estimate of drug-likeness (QED) is 0.850. The van der Waals surface area contributed by atoms with Gasteiger partial charge >= 0.3 is 0 Å². The number of allylic oxidation sites excluding steroid dienone is 2. The van der Waals surface area contributed by atoms with Gasteiger partial charge in [0.15, 0.2) is 11.5 Å². The third-order valence-electron chi connectivity index (χ3n) is 3.61. The lowest BCUT2D eigenvalue weighted by Crippen LogP contribution is -2.31. The zero-order valence-corrected chi connectivity index (χ0v) is 12.8. The first-order valence-electron chi connectivity index (χ1n) is 6.54. The van der Waals surface area contributed by atoms with E-state index >= 15 is 0 Å². The Labute approximate surface area is 137 Å². The van der Waals surface area contributed by atoms with E-state index in [0.717, 1.165) is 0 Å². The lowest BCUT2D eigenvalue weighted by Gasteiger charge is -2.26. The minimum Gasteiger partial charge on any atom is -0.482 e. The molecule has 0 saturated heterocycles. The average Bonchev–Trinajstić information content (AvgIpc) is 3.00. The molecule has 2 aliphatic rings. The second-order valence-electron chi connectivity index (χ2n) is 4.78.